The molecule has 0 unspecified atom stereocenters. The Morgan fingerprint density at radius 2 is 2.26 bits per heavy atom. The Hall–Kier alpha value is -2.30. The lowest BCUT2D eigenvalue weighted by Crippen LogP contribution is -2.24. The van der Waals surface area contributed by atoms with Crippen molar-refractivity contribution in [1.82, 2.24) is 10.2 Å². The summed E-state index contributed by atoms with van der Waals surface area (Å²) in [5.74, 6) is -0.992. The van der Waals surface area contributed by atoms with Crippen molar-refractivity contribution in [3.8, 4) is 11.3 Å². The second-order valence-electron chi connectivity index (χ2n) is 4.84. The zero-order valence-corrected chi connectivity index (χ0v) is 10.7. The van der Waals surface area contributed by atoms with Gasteiger partial charge in [0, 0.05) is 24.8 Å². The maximum Gasteiger partial charge on any atom is 0.353 e. The van der Waals surface area contributed by atoms with Crippen LogP contribution in [0.25, 0.3) is 11.3 Å². The van der Waals surface area contributed by atoms with Gasteiger partial charge in [0.05, 0.1) is 5.69 Å². The highest BCUT2D eigenvalue weighted by Gasteiger charge is 2.16. The normalized spacial score (nSPS) is 14.3. The van der Waals surface area contributed by atoms with Crippen molar-refractivity contribution in [3.63, 3.8) is 0 Å². The molecule has 0 aliphatic carbocycles. The molecular formula is C14H15N3O2. The number of H-pyrrole nitrogens is 1. The first-order valence-electron chi connectivity index (χ1n) is 6.28. The predicted molar refractivity (Wildman–Crippen MR) is 72.6 cm³/mol. The summed E-state index contributed by atoms with van der Waals surface area (Å²) in [5.41, 5.74) is 4.27. The molecule has 19 heavy (non-hydrogen) atoms. The van der Waals surface area contributed by atoms with Crippen LogP contribution in [-0.4, -0.2) is 34.9 Å². The van der Waals surface area contributed by atoms with Crippen LogP contribution in [0.1, 0.15) is 22.5 Å². The monoisotopic (exact) mass is 257 g/mol. The molecule has 0 bridgehead atoms. The molecule has 3 rings (SSSR count). The number of nitrogens with one attached hydrogen (secondary N) is 1. The van der Waals surface area contributed by atoms with E-state index in [0.29, 0.717) is 5.69 Å². The van der Waals surface area contributed by atoms with Gasteiger partial charge in [-0.3, -0.25) is 5.10 Å². The molecule has 1 aromatic carbocycles. The molecule has 0 saturated heterocycles. The molecule has 2 aromatic rings. The number of aromatic nitrogens is 2. The van der Waals surface area contributed by atoms with Crippen molar-refractivity contribution < 1.29 is 9.90 Å². The number of aromatic amines is 1. The minimum absolute atomic E-state index is 0.112. The topological polar surface area (TPSA) is 69.2 Å². The molecule has 2 heterocycles. The van der Waals surface area contributed by atoms with E-state index in [1.54, 1.807) is 6.07 Å². The zero-order chi connectivity index (χ0) is 13.4. The summed E-state index contributed by atoms with van der Waals surface area (Å²) >= 11 is 0. The summed E-state index contributed by atoms with van der Waals surface area (Å²) in [5, 5.41) is 15.5. The van der Waals surface area contributed by atoms with E-state index in [1.807, 2.05) is 6.07 Å². The average Bonchev–Trinajstić information content (AvgIpc) is 2.89. The van der Waals surface area contributed by atoms with Gasteiger partial charge in [-0.05, 0) is 30.5 Å². The van der Waals surface area contributed by atoms with Crippen LogP contribution in [0.2, 0.25) is 0 Å². The van der Waals surface area contributed by atoms with Gasteiger partial charge in [0.1, 0.15) is 5.69 Å². The van der Waals surface area contributed by atoms with Gasteiger partial charge in [-0.15, -0.1) is 0 Å². The Labute approximate surface area is 110 Å². The SMILES string of the molecule is CN1CCCc2ccc(-c3cc(C(=O)O)[nH]n3)cc21. The van der Waals surface area contributed by atoms with Crippen molar-refractivity contribution in [2.24, 2.45) is 0 Å². The van der Waals surface area contributed by atoms with Crippen LogP contribution < -0.4 is 4.90 Å². The molecule has 0 radical (unpaired) electrons. The molecule has 0 atom stereocenters. The Morgan fingerprint density at radius 3 is 3.00 bits per heavy atom. The molecular weight excluding hydrogens is 242 g/mol. The average molecular weight is 257 g/mol. The molecule has 5 nitrogen and oxygen atoms in total. The highest BCUT2D eigenvalue weighted by Crippen LogP contribution is 2.30. The summed E-state index contributed by atoms with van der Waals surface area (Å²) < 4.78 is 0. The first-order chi connectivity index (χ1) is 9.15. The van der Waals surface area contributed by atoms with Gasteiger partial charge in [0.25, 0.3) is 0 Å². The van der Waals surface area contributed by atoms with Crippen molar-refractivity contribution in [3.05, 3.63) is 35.5 Å². The molecule has 1 aliphatic rings. The van der Waals surface area contributed by atoms with Crippen LogP contribution in [0.4, 0.5) is 5.69 Å². The van der Waals surface area contributed by atoms with Gasteiger partial charge in [0.15, 0.2) is 0 Å². The second-order valence-corrected chi connectivity index (χ2v) is 4.84. The number of anilines is 1. The van der Waals surface area contributed by atoms with E-state index in [2.05, 4.69) is 34.3 Å². The van der Waals surface area contributed by atoms with Gasteiger partial charge in [-0.25, -0.2) is 4.79 Å². The van der Waals surface area contributed by atoms with Crippen LogP contribution in [-0.2, 0) is 6.42 Å². The number of aryl methyl sites for hydroxylation is 1. The number of hydrogen-bond acceptors (Lipinski definition) is 3. The minimum atomic E-state index is -0.992. The second kappa shape index (κ2) is 4.42. The van der Waals surface area contributed by atoms with Crippen molar-refractivity contribution in [1.29, 1.82) is 0 Å². The third kappa shape index (κ3) is 2.07. The number of carboxylic acid groups (broad SMARTS) is 1. The zero-order valence-electron chi connectivity index (χ0n) is 10.7. The highest BCUT2D eigenvalue weighted by atomic mass is 16.4. The molecule has 1 aliphatic heterocycles. The van der Waals surface area contributed by atoms with Crippen LogP contribution in [0.15, 0.2) is 24.3 Å². The van der Waals surface area contributed by atoms with Crippen molar-refractivity contribution in [2.75, 3.05) is 18.5 Å². The first-order valence-corrected chi connectivity index (χ1v) is 6.28. The van der Waals surface area contributed by atoms with Crippen LogP contribution in [0.3, 0.4) is 0 Å². The first kappa shape index (κ1) is 11.8. The van der Waals surface area contributed by atoms with Gasteiger partial charge < -0.3 is 10.0 Å². The van der Waals surface area contributed by atoms with Crippen LogP contribution in [0, 0.1) is 0 Å². The number of carbonyl (C=O) groups is 1. The van der Waals surface area contributed by atoms with Gasteiger partial charge in [0.2, 0.25) is 0 Å². The molecule has 2 N–H and O–H groups in total. The van der Waals surface area contributed by atoms with E-state index in [-0.39, 0.29) is 5.69 Å². The standard InChI is InChI=1S/C14H15N3O2/c1-17-6-2-3-9-4-5-10(7-13(9)17)11-8-12(14(18)19)16-15-11/h4-5,7-8H,2-3,6H2,1H3,(H,15,16)(H,18,19). The third-order valence-electron chi connectivity index (χ3n) is 3.54. The Balaban J connectivity index is 2.01. The number of nitrogens with zero attached hydrogens (tertiary/aromatic N) is 2. The number of aromatic carboxylic acids is 1. The fourth-order valence-electron chi connectivity index (χ4n) is 2.50. The largest absolute Gasteiger partial charge is 0.477 e. The van der Waals surface area contributed by atoms with E-state index >= 15 is 0 Å². The number of benzene rings is 1. The van der Waals surface area contributed by atoms with E-state index in [4.69, 9.17) is 5.11 Å². The Kier molecular flexibility index (Phi) is 2.74. The summed E-state index contributed by atoms with van der Waals surface area (Å²) in [7, 11) is 2.08. The minimum Gasteiger partial charge on any atom is -0.477 e. The Bertz CT molecular complexity index is 633. The van der Waals surface area contributed by atoms with Crippen molar-refractivity contribution >= 4 is 11.7 Å². The third-order valence-corrected chi connectivity index (χ3v) is 3.54. The summed E-state index contributed by atoms with van der Waals surface area (Å²) in [6, 6.07) is 7.75. The number of rotatable bonds is 2. The van der Waals surface area contributed by atoms with E-state index < -0.39 is 5.97 Å². The molecule has 0 amide bonds. The van der Waals surface area contributed by atoms with E-state index in [1.165, 1.54) is 17.7 Å². The molecule has 1 aromatic heterocycles. The summed E-state index contributed by atoms with van der Waals surface area (Å²) in [6.45, 7) is 1.05. The summed E-state index contributed by atoms with van der Waals surface area (Å²) in [4.78, 5) is 13.1. The molecule has 0 saturated carbocycles. The summed E-state index contributed by atoms with van der Waals surface area (Å²) in [6.07, 6.45) is 2.27. The predicted octanol–water partition coefficient (Wildman–Crippen LogP) is 2.16. The maximum absolute atomic E-state index is 10.9. The van der Waals surface area contributed by atoms with Gasteiger partial charge >= 0.3 is 5.97 Å². The lowest BCUT2D eigenvalue weighted by molar-refractivity contribution is 0.0690. The van der Waals surface area contributed by atoms with Gasteiger partial charge in [-0.1, -0.05) is 12.1 Å². The van der Waals surface area contributed by atoms with E-state index in [9.17, 15) is 4.79 Å². The number of carboxylic acids is 1. The fourth-order valence-corrected chi connectivity index (χ4v) is 2.50. The number of hydrogen-bond donors (Lipinski definition) is 2. The molecule has 98 valence electrons. The quantitative estimate of drug-likeness (QED) is 0.865. The number of fused-ring (bicyclic) bond motifs is 1. The van der Waals surface area contributed by atoms with E-state index in [0.717, 1.165) is 18.5 Å². The van der Waals surface area contributed by atoms with Gasteiger partial charge in [-0.2, -0.15) is 5.10 Å². The maximum atomic E-state index is 10.9. The lowest BCUT2D eigenvalue weighted by atomic mass is 9.99. The Morgan fingerprint density at radius 1 is 1.42 bits per heavy atom. The highest BCUT2D eigenvalue weighted by molar-refractivity contribution is 5.87. The van der Waals surface area contributed by atoms with Crippen LogP contribution in [0.5, 0.6) is 0 Å². The fraction of sp³-hybridized carbons (Fsp3) is 0.286. The molecule has 0 fully saturated rings. The van der Waals surface area contributed by atoms with Crippen LogP contribution >= 0.6 is 0 Å². The molecule has 5 heteroatoms. The smallest absolute Gasteiger partial charge is 0.353 e. The lowest BCUT2D eigenvalue weighted by Gasteiger charge is -2.27. The van der Waals surface area contributed by atoms with Crippen molar-refractivity contribution in [2.45, 2.75) is 12.8 Å². The molecule has 0 spiro atoms.